The van der Waals surface area contributed by atoms with E-state index in [2.05, 4.69) is 21.3 Å². The molecule has 1 fully saturated rings. The van der Waals surface area contributed by atoms with Crippen molar-refractivity contribution in [3.05, 3.63) is 46.4 Å². The van der Waals surface area contributed by atoms with Crippen molar-refractivity contribution in [3.8, 4) is 6.07 Å². The van der Waals surface area contributed by atoms with Crippen LogP contribution < -0.4 is 4.90 Å². The molecule has 0 saturated carbocycles. The van der Waals surface area contributed by atoms with Crippen LogP contribution in [0, 0.1) is 23.1 Å². The highest BCUT2D eigenvalue weighted by Crippen LogP contribution is 2.36. The molecule has 2 aromatic heterocycles. The van der Waals surface area contributed by atoms with Gasteiger partial charge in [-0.05, 0) is 25.0 Å². The van der Waals surface area contributed by atoms with E-state index in [1.54, 1.807) is 6.07 Å². The number of fused-ring (bicyclic) bond motifs is 2. The van der Waals surface area contributed by atoms with Crippen LogP contribution in [0.1, 0.15) is 30.1 Å². The fourth-order valence-electron chi connectivity index (χ4n) is 4.78. The first kappa shape index (κ1) is 23.3. The Morgan fingerprint density at radius 3 is 2.57 bits per heavy atom. The largest absolute Gasteiger partial charge is 0.451 e. The number of carbonyl (C=O) groups excluding carboxylic acids is 1. The molecule has 13 heteroatoms. The highest BCUT2D eigenvalue weighted by molar-refractivity contribution is 6.31. The van der Waals surface area contributed by atoms with E-state index in [0.717, 1.165) is 4.57 Å². The molecule has 35 heavy (non-hydrogen) atoms. The maximum atomic E-state index is 14.5. The second-order valence-corrected chi connectivity index (χ2v) is 8.91. The summed E-state index contributed by atoms with van der Waals surface area (Å²) in [5.41, 5.74) is 0.907. The van der Waals surface area contributed by atoms with Gasteiger partial charge in [-0.2, -0.15) is 18.4 Å². The summed E-state index contributed by atoms with van der Waals surface area (Å²) in [4.78, 5) is 20.6. The molecule has 0 spiro atoms. The summed E-state index contributed by atoms with van der Waals surface area (Å²) in [6.45, 7) is 0.967. The van der Waals surface area contributed by atoms with Gasteiger partial charge in [0.05, 0.1) is 22.8 Å². The van der Waals surface area contributed by atoms with Crippen LogP contribution in [0.4, 0.5) is 23.2 Å². The number of benzene rings is 1. The highest BCUT2D eigenvalue weighted by Gasteiger charge is 2.40. The van der Waals surface area contributed by atoms with E-state index in [9.17, 15) is 27.6 Å². The van der Waals surface area contributed by atoms with Gasteiger partial charge in [0.1, 0.15) is 11.6 Å². The Bertz CT molecular complexity index is 1360. The summed E-state index contributed by atoms with van der Waals surface area (Å²) in [5, 5.41) is 16.9. The number of aromatic nitrogens is 4. The minimum absolute atomic E-state index is 0.0234. The summed E-state index contributed by atoms with van der Waals surface area (Å²) in [6.07, 6.45) is -2.34. The van der Waals surface area contributed by atoms with Gasteiger partial charge in [0.2, 0.25) is 11.7 Å². The summed E-state index contributed by atoms with van der Waals surface area (Å²) < 4.78 is 54.7. The predicted molar refractivity (Wildman–Crippen MR) is 117 cm³/mol. The molecule has 8 nitrogen and oxygen atoms in total. The molecule has 2 aliphatic rings. The van der Waals surface area contributed by atoms with E-state index in [4.69, 9.17) is 11.6 Å². The van der Waals surface area contributed by atoms with Crippen molar-refractivity contribution in [1.29, 1.82) is 5.26 Å². The van der Waals surface area contributed by atoms with Crippen LogP contribution in [0.15, 0.2) is 18.3 Å². The second kappa shape index (κ2) is 8.64. The lowest BCUT2D eigenvalue weighted by molar-refractivity contribution is -0.148. The number of hydrogen-bond donors (Lipinski definition) is 0. The van der Waals surface area contributed by atoms with Gasteiger partial charge < -0.3 is 14.4 Å². The van der Waals surface area contributed by atoms with Gasteiger partial charge in [-0.15, -0.1) is 10.2 Å². The Balaban J connectivity index is 1.31. The first-order valence-corrected chi connectivity index (χ1v) is 11.3. The van der Waals surface area contributed by atoms with Crippen LogP contribution in [-0.4, -0.2) is 50.2 Å². The third-order valence-electron chi connectivity index (χ3n) is 6.50. The first-order valence-electron chi connectivity index (χ1n) is 10.9. The number of pyridine rings is 1. The zero-order valence-electron chi connectivity index (χ0n) is 18.2. The van der Waals surface area contributed by atoms with Gasteiger partial charge in [0.15, 0.2) is 11.6 Å². The molecule has 0 bridgehead atoms. The molecule has 0 unspecified atom stereocenters. The zero-order valence-corrected chi connectivity index (χ0v) is 18.9. The highest BCUT2D eigenvalue weighted by atomic mass is 35.5. The minimum atomic E-state index is -4.60. The fourth-order valence-corrected chi connectivity index (χ4v) is 4.93. The zero-order chi connectivity index (χ0) is 24.9. The van der Waals surface area contributed by atoms with E-state index in [-0.39, 0.29) is 47.8 Å². The number of hydrogen-bond acceptors (Lipinski definition) is 6. The number of halogens is 5. The van der Waals surface area contributed by atoms with Gasteiger partial charge in [0.25, 0.3) is 0 Å². The van der Waals surface area contributed by atoms with Crippen molar-refractivity contribution in [3.63, 3.8) is 0 Å². The summed E-state index contributed by atoms with van der Waals surface area (Å²) in [6, 6.07) is 5.14. The average molecular weight is 508 g/mol. The molecular formula is C22H18ClF4N7O. The number of rotatable bonds is 2. The van der Waals surface area contributed by atoms with Gasteiger partial charge in [-0.1, -0.05) is 11.6 Å². The molecule has 2 aliphatic heterocycles. The molecule has 5 rings (SSSR count). The topological polar surface area (TPSA) is 90.9 Å². The van der Waals surface area contributed by atoms with Crippen molar-refractivity contribution in [2.45, 2.75) is 32.1 Å². The third-order valence-corrected chi connectivity index (χ3v) is 6.79. The normalized spacial score (nSPS) is 16.9. The Morgan fingerprint density at radius 1 is 1.14 bits per heavy atom. The Kier molecular flexibility index (Phi) is 5.75. The van der Waals surface area contributed by atoms with Gasteiger partial charge in [-0.3, -0.25) is 9.78 Å². The molecular weight excluding hydrogens is 490 g/mol. The quantitative estimate of drug-likeness (QED) is 0.490. The van der Waals surface area contributed by atoms with Gasteiger partial charge >= 0.3 is 6.18 Å². The van der Waals surface area contributed by atoms with E-state index >= 15 is 0 Å². The van der Waals surface area contributed by atoms with Crippen LogP contribution >= 0.6 is 11.6 Å². The second-order valence-electron chi connectivity index (χ2n) is 8.50. The number of carbonyl (C=O) groups is 1. The molecule has 4 heterocycles. The number of amides is 1. The first-order chi connectivity index (χ1) is 16.7. The van der Waals surface area contributed by atoms with Crippen LogP contribution in [0.2, 0.25) is 5.02 Å². The van der Waals surface area contributed by atoms with Crippen molar-refractivity contribution in [2.24, 2.45) is 5.92 Å². The van der Waals surface area contributed by atoms with E-state index in [1.165, 1.54) is 17.2 Å². The number of nitriles is 1. The molecule has 1 amide bonds. The lowest BCUT2D eigenvalue weighted by Crippen LogP contribution is -2.45. The SMILES string of the molecule is N#Cc1cnc2c(F)c(Cl)ccc2c1N1CCC(C(=O)N2CCn3c(nnc3C(F)(F)F)C2)CC1. The summed E-state index contributed by atoms with van der Waals surface area (Å²) >= 11 is 5.88. The number of nitrogens with zero attached hydrogens (tertiary/aromatic N) is 7. The van der Waals surface area contributed by atoms with Gasteiger partial charge in [0, 0.05) is 43.7 Å². The monoisotopic (exact) mass is 507 g/mol. The Hall–Kier alpha value is -3.46. The number of alkyl halides is 3. The lowest BCUT2D eigenvalue weighted by Gasteiger charge is -2.37. The molecule has 0 aliphatic carbocycles. The van der Waals surface area contributed by atoms with Crippen LogP contribution in [0.5, 0.6) is 0 Å². The molecule has 0 radical (unpaired) electrons. The van der Waals surface area contributed by atoms with Crippen molar-refractivity contribution in [2.75, 3.05) is 24.5 Å². The van der Waals surface area contributed by atoms with E-state index < -0.39 is 17.8 Å². The maximum Gasteiger partial charge on any atom is 0.451 e. The van der Waals surface area contributed by atoms with Crippen molar-refractivity contribution < 1.29 is 22.4 Å². The Morgan fingerprint density at radius 2 is 1.89 bits per heavy atom. The Labute approximate surface area is 201 Å². The third kappa shape index (κ3) is 4.03. The van der Waals surface area contributed by atoms with E-state index in [1.807, 2.05) is 4.90 Å². The van der Waals surface area contributed by atoms with Crippen LogP contribution in [0.3, 0.4) is 0 Å². The standard InChI is InChI=1S/C22H18ClF4N7O/c23-15-2-1-14-18(17(15)24)29-10-13(9-28)19(14)32-5-3-12(4-6-32)20(35)33-7-8-34-16(11-33)30-31-21(34)22(25,26)27/h1-2,10,12H,3-8,11H2. The molecule has 0 N–H and O–H groups in total. The van der Waals surface area contributed by atoms with Crippen molar-refractivity contribution >= 4 is 34.1 Å². The van der Waals surface area contributed by atoms with Crippen LogP contribution in [0.25, 0.3) is 10.9 Å². The maximum absolute atomic E-state index is 14.5. The van der Waals surface area contributed by atoms with Crippen LogP contribution in [-0.2, 0) is 24.1 Å². The molecule has 3 aromatic rings. The summed E-state index contributed by atoms with van der Waals surface area (Å²) in [5.74, 6) is -2.08. The van der Waals surface area contributed by atoms with Crippen molar-refractivity contribution in [1.82, 2.24) is 24.6 Å². The predicted octanol–water partition coefficient (Wildman–Crippen LogP) is 3.77. The molecule has 1 aromatic carbocycles. The smallest absolute Gasteiger partial charge is 0.370 e. The fraction of sp³-hybridized carbons (Fsp3) is 0.409. The lowest BCUT2D eigenvalue weighted by atomic mass is 9.93. The van der Waals surface area contributed by atoms with Gasteiger partial charge in [-0.25, -0.2) is 4.39 Å². The molecule has 182 valence electrons. The molecule has 1 saturated heterocycles. The van der Waals surface area contributed by atoms with E-state index in [0.29, 0.717) is 42.6 Å². The molecule has 0 atom stereocenters. The minimum Gasteiger partial charge on any atom is -0.370 e. The summed E-state index contributed by atoms with van der Waals surface area (Å²) in [7, 11) is 0. The number of piperidine rings is 1. The average Bonchev–Trinajstić information content (AvgIpc) is 3.29. The number of anilines is 1.